The number of amides is 1. The van der Waals surface area contributed by atoms with E-state index < -0.39 is 24.0 Å². The highest BCUT2D eigenvalue weighted by atomic mass is 16.6. The quantitative estimate of drug-likeness (QED) is 0.804. The van der Waals surface area contributed by atoms with Gasteiger partial charge >= 0.3 is 5.97 Å². The van der Waals surface area contributed by atoms with E-state index in [1.165, 1.54) is 0 Å². The summed E-state index contributed by atoms with van der Waals surface area (Å²) in [5, 5.41) is 2.73. The summed E-state index contributed by atoms with van der Waals surface area (Å²) in [5.74, 6) is 0.229. The molecule has 6 heteroatoms. The Morgan fingerprint density at radius 3 is 2.54 bits per heavy atom. The van der Waals surface area contributed by atoms with Gasteiger partial charge in [0.05, 0.1) is 6.61 Å². The number of esters is 1. The molecule has 0 radical (unpaired) electrons. The first kappa shape index (κ1) is 17.8. The number of nitrogens with one attached hydrogen (secondary N) is 1. The molecule has 136 valence electrons. The summed E-state index contributed by atoms with van der Waals surface area (Å²) >= 11 is 0. The molecule has 26 heavy (non-hydrogen) atoms. The molecule has 3 rings (SSSR count). The average molecular weight is 355 g/mol. The molecule has 2 atom stereocenters. The first-order chi connectivity index (χ1) is 12.7. The molecule has 1 heterocycles. The van der Waals surface area contributed by atoms with Crippen molar-refractivity contribution in [3.05, 3.63) is 60.2 Å². The van der Waals surface area contributed by atoms with Crippen molar-refractivity contribution in [2.24, 2.45) is 0 Å². The van der Waals surface area contributed by atoms with Crippen molar-refractivity contribution in [1.82, 2.24) is 5.32 Å². The summed E-state index contributed by atoms with van der Waals surface area (Å²) in [7, 11) is 0. The van der Waals surface area contributed by atoms with Gasteiger partial charge in [-0.3, -0.25) is 4.79 Å². The second-order valence-corrected chi connectivity index (χ2v) is 5.87. The number of carbonyl (C=O) groups excluding carboxylic acids is 2. The number of carbonyl (C=O) groups is 2. The zero-order valence-corrected chi connectivity index (χ0v) is 14.5. The van der Waals surface area contributed by atoms with Gasteiger partial charge in [0.25, 0.3) is 5.91 Å². The fraction of sp³-hybridized carbons (Fsp3) is 0.300. The van der Waals surface area contributed by atoms with E-state index in [1.54, 1.807) is 25.1 Å². The van der Waals surface area contributed by atoms with Gasteiger partial charge in [0, 0.05) is 6.42 Å². The molecule has 0 bridgehead atoms. The Labute approximate surface area is 152 Å². The molecule has 1 N–H and O–H groups in total. The Morgan fingerprint density at radius 2 is 1.81 bits per heavy atom. The van der Waals surface area contributed by atoms with E-state index in [1.807, 2.05) is 36.4 Å². The van der Waals surface area contributed by atoms with Crippen LogP contribution in [0.4, 0.5) is 0 Å². The second-order valence-electron chi connectivity index (χ2n) is 5.87. The standard InChI is InChI=1S/C20H21NO5/c1-2-24-20(23)15(12-14-8-4-3-5-9-14)21-19(22)18-13-25-16-10-6-7-11-17(16)26-18/h3-11,15,18H,2,12-13H2,1H3,(H,21,22)/t15-,18?/m0/s1. The third-order valence-corrected chi connectivity index (χ3v) is 3.97. The van der Waals surface area contributed by atoms with Crippen LogP contribution in [0.2, 0.25) is 0 Å². The van der Waals surface area contributed by atoms with E-state index in [-0.39, 0.29) is 13.2 Å². The van der Waals surface area contributed by atoms with Gasteiger partial charge in [-0.05, 0) is 24.6 Å². The molecule has 0 saturated heterocycles. The Bertz CT molecular complexity index is 762. The Balaban J connectivity index is 1.68. The molecule has 2 aromatic rings. The zero-order valence-electron chi connectivity index (χ0n) is 14.5. The summed E-state index contributed by atoms with van der Waals surface area (Å²) in [6, 6.07) is 15.8. The van der Waals surface area contributed by atoms with Crippen LogP contribution in [0.1, 0.15) is 12.5 Å². The highest BCUT2D eigenvalue weighted by molar-refractivity contribution is 5.87. The van der Waals surface area contributed by atoms with Gasteiger partial charge in [-0.2, -0.15) is 0 Å². The van der Waals surface area contributed by atoms with E-state index in [0.29, 0.717) is 17.9 Å². The van der Waals surface area contributed by atoms with Gasteiger partial charge in [-0.15, -0.1) is 0 Å². The average Bonchev–Trinajstić information content (AvgIpc) is 2.68. The lowest BCUT2D eigenvalue weighted by Gasteiger charge is -2.27. The normalized spacial score (nSPS) is 16.4. The molecule has 1 unspecified atom stereocenters. The molecule has 0 aromatic heterocycles. The minimum absolute atomic E-state index is 0.0870. The Kier molecular flexibility index (Phi) is 5.73. The number of para-hydroxylation sites is 2. The fourth-order valence-electron chi connectivity index (χ4n) is 2.70. The van der Waals surface area contributed by atoms with Crippen LogP contribution in [0, 0.1) is 0 Å². The maximum atomic E-state index is 12.6. The molecule has 0 spiro atoms. The van der Waals surface area contributed by atoms with Gasteiger partial charge in [0.1, 0.15) is 12.6 Å². The van der Waals surface area contributed by atoms with Crippen LogP contribution < -0.4 is 14.8 Å². The van der Waals surface area contributed by atoms with Crippen molar-refractivity contribution in [2.75, 3.05) is 13.2 Å². The summed E-state index contributed by atoms with van der Waals surface area (Å²) < 4.78 is 16.4. The lowest BCUT2D eigenvalue weighted by atomic mass is 10.1. The third-order valence-electron chi connectivity index (χ3n) is 3.97. The van der Waals surface area contributed by atoms with Gasteiger partial charge in [0.2, 0.25) is 6.10 Å². The van der Waals surface area contributed by atoms with E-state index in [0.717, 1.165) is 5.56 Å². The minimum atomic E-state index is -0.822. The van der Waals surface area contributed by atoms with Gasteiger partial charge in [-0.1, -0.05) is 42.5 Å². The zero-order chi connectivity index (χ0) is 18.4. The van der Waals surface area contributed by atoms with E-state index >= 15 is 0 Å². The molecular formula is C20H21NO5. The molecule has 0 aliphatic carbocycles. The van der Waals surface area contributed by atoms with Crippen LogP contribution >= 0.6 is 0 Å². The number of hydrogen-bond acceptors (Lipinski definition) is 5. The number of benzene rings is 2. The highest BCUT2D eigenvalue weighted by Crippen LogP contribution is 2.30. The van der Waals surface area contributed by atoms with Crippen molar-refractivity contribution in [3.63, 3.8) is 0 Å². The minimum Gasteiger partial charge on any atom is -0.485 e. The van der Waals surface area contributed by atoms with Crippen molar-refractivity contribution >= 4 is 11.9 Å². The predicted octanol–water partition coefficient (Wildman–Crippen LogP) is 2.12. The predicted molar refractivity (Wildman–Crippen MR) is 95.1 cm³/mol. The van der Waals surface area contributed by atoms with Crippen LogP contribution in [0.15, 0.2) is 54.6 Å². The lowest BCUT2D eigenvalue weighted by Crippen LogP contribution is -2.51. The van der Waals surface area contributed by atoms with Crippen LogP contribution in [0.5, 0.6) is 11.5 Å². The molecule has 1 amide bonds. The van der Waals surface area contributed by atoms with Crippen LogP contribution in [0.25, 0.3) is 0 Å². The maximum absolute atomic E-state index is 12.6. The summed E-state index contributed by atoms with van der Waals surface area (Å²) in [6.45, 7) is 2.06. The highest BCUT2D eigenvalue weighted by Gasteiger charge is 2.31. The van der Waals surface area contributed by atoms with E-state index in [2.05, 4.69) is 5.32 Å². The number of rotatable bonds is 6. The van der Waals surface area contributed by atoms with Gasteiger partial charge < -0.3 is 19.5 Å². The largest absolute Gasteiger partial charge is 0.485 e. The number of fused-ring (bicyclic) bond motifs is 1. The van der Waals surface area contributed by atoms with Crippen molar-refractivity contribution < 1.29 is 23.8 Å². The Hall–Kier alpha value is -3.02. The first-order valence-electron chi connectivity index (χ1n) is 8.56. The fourth-order valence-corrected chi connectivity index (χ4v) is 2.70. The number of hydrogen-bond donors (Lipinski definition) is 1. The molecule has 1 aliphatic rings. The smallest absolute Gasteiger partial charge is 0.328 e. The SMILES string of the molecule is CCOC(=O)[C@H](Cc1ccccc1)NC(=O)C1COc2ccccc2O1. The molecule has 6 nitrogen and oxygen atoms in total. The molecular weight excluding hydrogens is 334 g/mol. The van der Waals surface area contributed by atoms with Crippen molar-refractivity contribution in [2.45, 2.75) is 25.5 Å². The lowest BCUT2D eigenvalue weighted by molar-refractivity contribution is -0.148. The summed E-state index contributed by atoms with van der Waals surface area (Å²) in [5.41, 5.74) is 0.928. The van der Waals surface area contributed by atoms with E-state index in [4.69, 9.17) is 14.2 Å². The van der Waals surface area contributed by atoms with Crippen LogP contribution in [-0.2, 0) is 20.7 Å². The molecule has 2 aromatic carbocycles. The second kappa shape index (κ2) is 8.38. The van der Waals surface area contributed by atoms with Gasteiger partial charge in [0.15, 0.2) is 11.5 Å². The molecule has 0 saturated carbocycles. The number of ether oxygens (including phenoxy) is 3. The van der Waals surface area contributed by atoms with E-state index in [9.17, 15) is 9.59 Å². The van der Waals surface area contributed by atoms with Crippen LogP contribution in [-0.4, -0.2) is 37.2 Å². The van der Waals surface area contributed by atoms with Crippen LogP contribution in [0.3, 0.4) is 0 Å². The summed E-state index contributed by atoms with van der Waals surface area (Å²) in [4.78, 5) is 24.8. The van der Waals surface area contributed by atoms with Crippen molar-refractivity contribution in [3.8, 4) is 11.5 Å². The monoisotopic (exact) mass is 355 g/mol. The van der Waals surface area contributed by atoms with Gasteiger partial charge in [-0.25, -0.2) is 4.79 Å². The van der Waals surface area contributed by atoms with Crippen molar-refractivity contribution in [1.29, 1.82) is 0 Å². The third kappa shape index (κ3) is 4.33. The topological polar surface area (TPSA) is 73.9 Å². The Morgan fingerprint density at radius 1 is 1.12 bits per heavy atom. The maximum Gasteiger partial charge on any atom is 0.328 e. The first-order valence-corrected chi connectivity index (χ1v) is 8.56. The summed E-state index contributed by atoms with van der Waals surface area (Å²) in [6.07, 6.45) is -0.479. The molecule has 0 fully saturated rings. The molecule has 1 aliphatic heterocycles.